The van der Waals surface area contributed by atoms with Crippen molar-refractivity contribution in [3.8, 4) is 17.2 Å². The molecule has 0 atom stereocenters. The molecule has 0 aromatic heterocycles. The van der Waals surface area contributed by atoms with Crippen LogP contribution >= 0.6 is 11.1 Å². The maximum atomic E-state index is 8.95. The van der Waals surface area contributed by atoms with E-state index in [0.29, 0.717) is 0 Å². The molecule has 0 amide bonds. The predicted molar refractivity (Wildman–Crippen MR) is 126 cm³/mol. The van der Waals surface area contributed by atoms with E-state index in [4.69, 9.17) is 16.3 Å². The SMILES string of the molecule is N#Cc1ccc(-c2ccc(C3CCC(CC[C@H]4CC[Si@H](Cl)CC4)CC3)cc2)cc1. The van der Waals surface area contributed by atoms with E-state index >= 15 is 0 Å². The summed E-state index contributed by atoms with van der Waals surface area (Å²) in [4.78, 5) is 0. The first-order valence-corrected chi connectivity index (χ1v) is 14.8. The lowest BCUT2D eigenvalue weighted by Gasteiger charge is -2.31. The Bertz CT molecular complexity index is 807. The number of hydrogen-bond acceptors (Lipinski definition) is 1. The zero-order valence-electron chi connectivity index (χ0n) is 17.3. The fourth-order valence-electron chi connectivity index (χ4n) is 5.35. The van der Waals surface area contributed by atoms with E-state index in [1.165, 1.54) is 80.1 Å². The summed E-state index contributed by atoms with van der Waals surface area (Å²) in [5.41, 5.74) is 4.65. The van der Waals surface area contributed by atoms with Crippen molar-refractivity contribution in [3.63, 3.8) is 0 Å². The lowest BCUT2D eigenvalue weighted by atomic mass is 9.76. The van der Waals surface area contributed by atoms with E-state index < -0.39 is 8.11 Å². The van der Waals surface area contributed by atoms with Crippen molar-refractivity contribution in [2.24, 2.45) is 11.8 Å². The number of nitrogens with zero attached hydrogens (tertiary/aromatic N) is 1. The van der Waals surface area contributed by atoms with Gasteiger partial charge in [0, 0.05) is 0 Å². The average molecular weight is 422 g/mol. The van der Waals surface area contributed by atoms with Gasteiger partial charge in [0.25, 0.3) is 0 Å². The number of hydrogen-bond donors (Lipinski definition) is 0. The maximum Gasteiger partial charge on any atom is 0.141 e. The molecule has 0 radical (unpaired) electrons. The second-order valence-electron chi connectivity index (χ2n) is 9.22. The third-order valence-corrected chi connectivity index (χ3v) is 10.6. The molecule has 1 heterocycles. The third kappa shape index (κ3) is 5.53. The van der Waals surface area contributed by atoms with Crippen molar-refractivity contribution in [3.05, 3.63) is 59.7 Å². The largest absolute Gasteiger partial charge is 0.192 e. The minimum atomic E-state index is -0.804. The lowest BCUT2D eigenvalue weighted by molar-refractivity contribution is 0.280. The smallest absolute Gasteiger partial charge is 0.141 e. The van der Waals surface area contributed by atoms with Gasteiger partial charge in [-0.3, -0.25) is 0 Å². The summed E-state index contributed by atoms with van der Waals surface area (Å²) in [6.07, 6.45) is 11.2. The van der Waals surface area contributed by atoms with E-state index in [-0.39, 0.29) is 0 Å². The van der Waals surface area contributed by atoms with Crippen LogP contribution < -0.4 is 0 Å². The van der Waals surface area contributed by atoms with Gasteiger partial charge in [0.2, 0.25) is 0 Å². The third-order valence-electron chi connectivity index (χ3n) is 7.34. The van der Waals surface area contributed by atoms with Gasteiger partial charge in [-0.2, -0.15) is 16.3 Å². The summed E-state index contributed by atoms with van der Waals surface area (Å²) in [5.74, 6) is 2.67. The zero-order chi connectivity index (χ0) is 20.1. The molecule has 1 saturated carbocycles. The first kappa shape index (κ1) is 20.7. The molecule has 0 unspecified atom stereocenters. The minimum absolute atomic E-state index is 0.718. The molecule has 0 N–H and O–H groups in total. The predicted octanol–water partition coefficient (Wildman–Crippen LogP) is 7.65. The number of nitriles is 1. The van der Waals surface area contributed by atoms with Crippen LogP contribution in [0.2, 0.25) is 12.1 Å². The van der Waals surface area contributed by atoms with E-state index in [2.05, 4.69) is 30.3 Å². The standard InChI is InChI=1S/C26H32ClNSi/c27-29-17-15-21(16-18-29)2-1-20-3-7-23(8-4-20)25-11-13-26(14-12-25)24-9-5-22(19-28)6-10-24/h5-6,9-14,20-21,23,29H,1-4,7-8,15-18H2/t20?,21-,23?,29-. The molecule has 0 spiro atoms. The van der Waals surface area contributed by atoms with Crippen LogP contribution in [0.5, 0.6) is 0 Å². The number of halogens is 1. The molecule has 1 nitrogen and oxygen atoms in total. The van der Waals surface area contributed by atoms with Gasteiger partial charge in [-0.1, -0.05) is 62.1 Å². The lowest BCUT2D eigenvalue weighted by Crippen LogP contribution is -2.18. The van der Waals surface area contributed by atoms with E-state index in [0.717, 1.165) is 23.3 Å². The summed E-state index contributed by atoms with van der Waals surface area (Å²) in [7, 11) is -0.804. The summed E-state index contributed by atoms with van der Waals surface area (Å²) in [6, 6.07) is 22.0. The van der Waals surface area contributed by atoms with Crippen molar-refractivity contribution in [2.45, 2.75) is 69.4 Å². The minimum Gasteiger partial charge on any atom is -0.192 e. The molecule has 4 rings (SSSR count). The van der Waals surface area contributed by atoms with Crippen molar-refractivity contribution in [2.75, 3.05) is 0 Å². The van der Waals surface area contributed by atoms with Gasteiger partial charge in [0.15, 0.2) is 0 Å². The fourth-order valence-corrected chi connectivity index (χ4v) is 8.06. The molecule has 2 aliphatic rings. The Balaban J connectivity index is 1.25. The summed E-state index contributed by atoms with van der Waals surface area (Å²) >= 11 is 6.39. The molecule has 152 valence electrons. The highest BCUT2D eigenvalue weighted by Crippen LogP contribution is 2.40. The molecule has 2 aromatic carbocycles. The van der Waals surface area contributed by atoms with Crippen molar-refractivity contribution in [1.29, 1.82) is 5.26 Å². The first-order chi connectivity index (χ1) is 14.2. The van der Waals surface area contributed by atoms with E-state index in [9.17, 15) is 0 Å². The van der Waals surface area contributed by atoms with Crippen LogP contribution in [-0.4, -0.2) is 8.11 Å². The van der Waals surface area contributed by atoms with Crippen LogP contribution in [0.15, 0.2) is 48.5 Å². The Morgan fingerprint density at radius 3 is 1.83 bits per heavy atom. The Labute approximate surface area is 182 Å². The normalized spacial score (nSPS) is 27.3. The zero-order valence-corrected chi connectivity index (χ0v) is 19.2. The molecule has 29 heavy (non-hydrogen) atoms. The molecule has 1 aliphatic heterocycles. The van der Waals surface area contributed by atoms with Crippen LogP contribution in [0.1, 0.15) is 68.4 Å². The van der Waals surface area contributed by atoms with Crippen molar-refractivity contribution >= 4 is 19.2 Å². The molecular weight excluding hydrogens is 390 g/mol. The Hall–Kier alpha value is -1.56. The van der Waals surface area contributed by atoms with Gasteiger partial charge in [-0.15, -0.1) is 0 Å². The van der Waals surface area contributed by atoms with Crippen LogP contribution in [0.25, 0.3) is 11.1 Å². The molecular formula is C26H32ClNSi. The summed E-state index contributed by atoms with van der Waals surface area (Å²) < 4.78 is 0. The quantitative estimate of drug-likeness (QED) is 0.359. The monoisotopic (exact) mass is 421 g/mol. The van der Waals surface area contributed by atoms with Crippen LogP contribution in [-0.2, 0) is 0 Å². The topological polar surface area (TPSA) is 23.8 Å². The molecule has 2 aromatic rings. The fraction of sp³-hybridized carbons (Fsp3) is 0.500. The van der Waals surface area contributed by atoms with Gasteiger partial charge in [-0.05, 0) is 84.3 Å². The van der Waals surface area contributed by atoms with Crippen LogP contribution in [0.3, 0.4) is 0 Å². The maximum absolute atomic E-state index is 8.95. The van der Waals surface area contributed by atoms with Crippen molar-refractivity contribution in [1.82, 2.24) is 0 Å². The van der Waals surface area contributed by atoms with Crippen LogP contribution in [0, 0.1) is 23.2 Å². The van der Waals surface area contributed by atoms with Gasteiger partial charge >= 0.3 is 0 Å². The Kier molecular flexibility index (Phi) is 7.11. The van der Waals surface area contributed by atoms with Crippen LogP contribution in [0.4, 0.5) is 0 Å². The second-order valence-corrected chi connectivity index (χ2v) is 13.4. The summed E-state index contributed by atoms with van der Waals surface area (Å²) in [6.45, 7) is 0. The highest BCUT2D eigenvalue weighted by atomic mass is 35.6. The van der Waals surface area contributed by atoms with Gasteiger partial charge in [0.1, 0.15) is 8.11 Å². The van der Waals surface area contributed by atoms with E-state index in [1.807, 2.05) is 24.3 Å². The highest BCUT2D eigenvalue weighted by Gasteiger charge is 2.25. The molecule has 3 heteroatoms. The summed E-state index contributed by atoms with van der Waals surface area (Å²) in [5, 5.41) is 8.95. The van der Waals surface area contributed by atoms with Gasteiger partial charge < -0.3 is 0 Å². The molecule has 1 saturated heterocycles. The van der Waals surface area contributed by atoms with Gasteiger partial charge in [-0.25, -0.2) is 0 Å². The highest BCUT2D eigenvalue weighted by molar-refractivity contribution is 7.07. The number of rotatable bonds is 5. The number of benzene rings is 2. The molecule has 2 fully saturated rings. The van der Waals surface area contributed by atoms with E-state index in [1.54, 1.807) is 0 Å². The Morgan fingerprint density at radius 2 is 1.28 bits per heavy atom. The Morgan fingerprint density at radius 1 is 0.759 bits per heavy atom. The van der Waals surface area contributed by atoms with Gasteiger partial charge in [0.05, 0.1) is 11.6 Å². The molecule has 1 aliphatic carbocycles. The average Bonchev–Trinajstić information content (AvgIpc) is 2.79. The second kappa shape index (κ2) is 9.96. The molecule has 0 bridgehead atoms. The van der Waals surface area contributed by atoms with Crippen molar-refractivity contribution < 1.29 is 0 Å². The first-order valence-electron chi connectivity index (χ1n) is 11.5.